The zero-order valence-corrected chi connectivity index (χ0v) is 7.59. The van der Waals surface area contributed by atoms with Gasteiger partial charge in [0.25, 0.3) is 0 Å². The fourth-order valence-corrected chi connectivity index (χ4v) is 1.92. The molecule has 0 aromatic carbocycles. The predicted molar refractivity (Wildman–Crippen MR) is 45.0 cm³/mol. The number of nitrogens with zero attached hydrogens (tertiary/aromatic N) is 2. The molecule has 11 heavy (non-hydrogen) atoms. The maximum Gasteiger partial charge on any atom is 0.103 e. The number of nitriles is 1. The fraction of sp³-hybridized carbons (Fsp3) is 0.889. The highest BCUT2D eigenvalue weighted by molar-refractivity contribution is 5.02. The van der Waals surface area contributed by atoms with Gasteiger partial charge in [0.2, 0.25) is 0 Å². The molecule has 0 aromatic rings. The highest BCUT2D eigenvalue weighted by atomic mass is 15.1. The number of hydrogen-bond donors (Lipinski definition) is 0. The van der Waals surface area contributed by atoms with Crippen LogP contribution in [0.3, 0.4) is 0 Å². The van der Waals surface area contributed by atoms with Gasteiger partial charge in [-0.15, -0.1) is 0 Å². The maximum absolute atomic E-state index is 8.91. The molecule has 0 aromatic heterocycles. The van der Waals surface area contributed by atoms with Crippen LogP contribution >= 0.6 is 0 Å². The molecule has 0 spiro atoms. The van der Waals surface area contributed by atoms with Crippen molar-refractivity contribution in [1.82, 2.24) is 4.90 Å². The van der Waals surface area contributed by atoms with E-state index in [9.17, 15) is 0 Å². The summed E-state index contributed by atoms with van der Waals surface area (Å²) in [6.45, 7) is 5.43. The number of likely N-dealkylation sites (tertiary alicyclic amines) is 1. The first-order valence-electron chi connectivity index (χ1n) is 4.18. The quantitative estimate of drug-likeness (QED) is 0.527. The van der Waals surface area contributed by atoms with E-state index in [1.807, 2.05) is 7.05 Å². The first-order valence-corrected chi connectivity index (χ1v) is 4.18. The Morgan fingerprint density at radius 3 is 2.55 bits per heavy atom. The van der Waals surface area contributed by atoms with Gasteiger partial charge in [0.15, 0.2) is 0 Å². The van der Waals surface area contributed by atoms with Crippen LogP contribution in [-0.2, 0) is 0 Å². The van der Waals surface area contributed by atoms with Gasteiger partial charge in [-0.25, -0.2) is 0 Å². The lowest BCUT2D eigenvalue weighted by Gasteiger charge is -2.40. The van der Waals surface area contributed by atoms with Crippen molar-refractivity contribution in [1.29, 1.82) is 5.26 Å². The van der Waals surface area contributed by atoms with Gasteiger partial charge in [0.05, 0.1) is 6.07 Å². The van der Waals surface area contributed by atoms with Crippen LogP contribution in [0.1, 0.15) is 26.7 Å². The second-order valence-electron chi connectivity index (χ2n) is 4.10. The molecular weight excluding hydrogens is 136 g/mol. The molecule has 0 amide bonds. The molecule has 1 unspecified atom stereocenters. The Bertz CT molecular complexity index is 178. The Labute approximate surface area is 68.8 Å². The summed E-state index contributed by atoms with van der Waals surface area (Å²) in [5.41, 5.74) is 0.182. The molecule has 1 rings (SSSR count). The third-order valence-corrected chi connectivity index (χ3v) is 2.64. The van der Waals surface area contributed by atoms with Gasteiger partial charge in [-0.3, -0.25) is 4.90 Å². The molecule has 1 atom stereocenters. The molecule has 62 valence electrons. The summed E-state index contributed by atoms with van der Waals surface area (Å²) in [5.74, 6) is 0. The molecule has 1 heterocycles. The Kier molecular flexibility index (Phi) is 2.20. The van der Waals surface area contributed by atoms with Crippen LogP contribution in [0, 0.1) is 16.7 Å². The molecule has 0 N–H and O–H groups in total. The maximum atomic E-state index is 8.91. The van der Waals surface area contributed by atoms with Crippen molar-refractivity contribution in [3.63, 3.8) is 0 Å². The Morgan fingerprint density at radius 1 is 1.55 bits per heavy atom. The van der Waals surface area contributed by atoms with Crippen LogP contribution in [0.25, 0.3) is 0 Å². The third kappa shape index (κ3) is 1.54. The van der Waals surface area contributed by atoms with Crippen molar-refractivity contribution in [2.24, 2.45) is 5.41 Å². The minimum absolute atomic E-state index is 0.108. The van der Waals surface area contributed by atoms with Crippen molar-refractivity contribution >= 4 is 0 Å². The molecule has 0 saturated carbocycles. The minimum atomic E-state index is 0.108. The first kappa shape index (κ1) is 8.55. The van der Waals surface area contributed by atoms with Crippen molar-refractivity contribution < 1.29 is 0 Å². The van der Waals surface area contributed by atoms with Gasteiger partial charge in [-0.1, -0.05) is 13.8 Å². The number of rotatable bonds is 0. The van der Waals surface area contributed by atoms with Crippen LogP contribution in [0.2, 0.25) is 0 Å². The second-order valence-corrected chi connectivity index (χ2v) is 4.10. The predicted octanol–water partition coefficient (Wildman–Crippen LogP) is 1.63. The van der Waals surface area contributed by atoms with Crippen LogP contribution in [0.15, 0.2) is 0 Å². The summed E-state index contributed by atoms with van der Waals surface area (Å²) in [7, 11) is 2.04. The standard InChI is InChI=1S/C9H16N2/c1-9(2)5-4-6-11(3)8(9)7-10/h8H,4-6H2,1-3H3. The van der Waals surface area contributed by atoms with E-state index >= 15 is 0 Å². The molecule has 1 fully saturated rings. The number of piperidine rings is 1. The molecule has 1 aliphatic heterocycles. The van der Waals surface area contributed by atoms with Crippen LogP contribution in [0.4, 0.5) is 0 Å². The highest BCUT2D eigenvalue weighted by Crippen LogP contribution is 2.33. The molecule has 0 aliphatic carbocycles. The van der Waals surface area contributed by atoms with Gasteiger partial charge in [0, 0.05) is 0 Å². The summed E-state index contributed by atoms with van der Waals surface area (Å²) in [4.78, 5) is 2.16. The second kappa shape index (κ2) is 2.83. The van der Waals surface area contributed by atoms with Gasteiger partial charge in [-0.05, 0) is 31.8 Å². The van der Waals surface area contributed by atoms with Gasteiger partial charge in [-0.2, -0.15) is 5.26 Å². The highest BCUT2D eigenvalue weighted by Gasteiger charge is 2.35. The van der Waals surface area contributed by atoms with E-state index in [1.54, 1.807) is 0 Å². The summed E-state index contributed by atoms with van der Waals surface area (Å²) >= 11 is 0. The molecule has 2 heteroatoms. The smallest absolute Gasteiger partial charge is 0.103 e. The summed E-state index contributed by atoms with van der Waals surface area (Å²) in [5, 5.41) is 8.91. The lowest BCUT2D eigenvalue weighted by atomic mass is 9.77. The SMILES string of the molecule is CN1CCCC(C)(C)C1C#N. The average molecular weight is 152 g/mol. The van der Waals surface area contributed by atoms with Crippen LogP contribution in [0.5, 0.6) is 0 Å². The largest absolute Gasteiger partial charge is 0.291 e. The molecule has 1 saturated heterocycles. The zero-order valence-electron chi connectivity index (χ0n) is 7.59. The van der Waals surface area contributed by atoms with E-state index in [1.165, 1.54) is 12.8 Å². The van der Waals surface area contributed by atoms with E-state index in [0.717, 1.165) is 6.54 Å². The minimum Gasteiger partial charge on any atom is -0.291 e. The topological polar surface area (TPSA) is 27.0 Å². The van der Waals surface area contributed by atoms with Crippen LogP contribution in [-0.4, -0.2) is 24.5 Å². The van der Waals surface area contributed by atoms with E-state index in [4.69, 9.17) is 5.26 Å². The Balaban J connectivity index is 2.74. The molecule has 0 radical (unpaired) electrons. The van der Waals surface area contributed by atoms with Crippen molar-refractivity contribution in [2.45, 2.75) is 32.7 Å². The monoisotopic (exact) mass is 152 g/mol. The third-order valence-electron chi connectivity index (χ3n) is 2.64. The van der Waals surface area contributed by atoms with E-state index in [-0.39, 0.29) is 11.5 Å². The summed E-state index contributed by atoms with van der Waals surface area (Å²) in [6.07, 6.45) is 2.40. The molecule has 2 nitrogen and oxygen atoms in total. The zero-order chi connectivity index (χ0) is 8.48. The van der Waals surface area contributed by atoms with Crippen molar-refractivity contribution in [3.8, 4) is 6.07 Å². The molecular formula is C9H16N2. The first-order chi connectivity index (χ1) is 5.08. The van der Waals surface area contributed by atoms with Crippen molar-refractivity contribution in [2.75, 3.05) is 13.6 Å². The molecule has 1 aliphatic rings. The van der Waals surface area contributed by atoms with Crippen molar-refractivity contribution in [3.05, 3.63) is 0 Å². The van der Waals surface area contributed by atoms with E-state index in [0.29, 0.717) is 0 Å². The summed E-state index contributed by atoms with van der Waals surface area (Å²) in [6, 6.07) is 2.48. The Hall–Kier alpha value is -0.550. The lowest BCUT2D eigenvalue weighted by Crippen LogP contribution is -2.46. The van der Waals surface area contributed by atoms with Gasteiger partial charge < -0.3 is 0 Å². The summed E-state index contributed by atoms with van der Waals surface area (Å²) < 4.78 is 0. The molecule has 0 bridgehead atoms. The van der Waals surface area contributed by atoms with Gasteiger partial charge >= 0.3 is 0 Å². The fourth-order valence-electron chi connectivity index (χ4n) is 1.92. The normalized spacial score (nSPS) is 31.3. The average Bonchev–Trinajstić information content (AvgIpc) is 1.86. The number of hydrogen-bond acceptors (Lipinski definition) is 2. The van der Waals surface area contributed by atoms with Gasteiger partial charge in [0.1, 0.15) is 6.04 Å². The van der Waals surface area contributed by atoms with Crippen LogP contribution < -0.4 is 0 Å². The van der Waals surface area contributed by atoms with E-state index < -0.39 is 0 Å². The lowest BCUT2D eigenvalue weighted by molar-refractivity contribution is 0.0955. The van der Waals surface area contributed by atoms with E-state index in [2.05, 4.69) is 24.8 Å². The Morgan fingerprint density at radius 2 is 2.18 bits per heavy atom.